The number of hydrogen-bond donors (Lipinski definition) is 2. The number of nitrogens with one attached hydrogen (secondary N) is 1. The number of anilines is 1. The monoisotopic (exact) mass is 268 g/mol. The van der Waals surface area contributed by atoms with Crippen LogP contribution in [0.2, 0.25) is 0 Å². The summed E-state index contributed by atoms with van der Waals surface area (Å²) in [6.07, 6.45) is 0. The third kappa shape index (κ3) is 3.28. The topological polar surface area (TPSA) is 65.3 Å². The molecule has 0 saturated carbocycles. The SMILES string of the molecule is COc1ccc(C#N)cc1CNc1cccc(CO)c1. The van der Waals surface area contributed by atoms with Crippen LogP contribution in [0.4, 0.5) is 5.69 Å². The predicted molar refractivity (Wildman–Crippen MR) is 77.4 cm³/mol. The number of rotatable bonds is 5. The van der Waals surface area contributed by atoms with Gasteiger partial charge in [-0.3, -0.25) is 0 Å². The molecule has 2 aromatic carbocycles. The molecule has 0 aliphatic carbocycles. The van der Waals surface area contributed by atoms with Crippen molar-refractivity contribution >= 4 is 5.69 Å². The number of benzene rings is 2. The minimum Gasteiger partial charge on any atom is -0.496 e. The van der Waals surface area contributed by atoms with Gasteiger partial charge in [0, 0.05) is 17.8 Å². The second-order valence-corrected chi connectivity index (χ2v) is 4.35. The van der Waals surface area contributed by atoms with E-state index in [2.05, 4.69) is 11.4 Å². The molecule has 20 heavy (non-hydrogen) atoms. The average molecular weight is 268 g/mol. The van der Waals surface area contributed by atoms with Crippen LogP contribution < -0.4 is 10.1 Å². The van der Waals surface area contributed by atoms with E-state index in [1.54, 1.807) is 19.2 Å². The molecule has 0 atom stereocenters. The summed E-state index contributed by atoms with van der Waals surface area (Å²) in [4.78, 5) is 0. The molecule has 0 unspecified atom stereocenters. The van der Waals surface area contributed by atoms with Crippen LogP contribution >= 0.6 is 0 Å². The maximum atomic E-state index is 9.11. The molecule has 0 amide bonds. The van der Waals surface area contributed by atoms with Crippen molar-refractivity contribution in [3.63, 3.8) is 0 Å². The largest absolute Gasteiger partial charge is 0.496 e. The van der Waals surface area contributed by atoms with Crippen LogP contribution in [-0.2, 0) is 13.2 Å². The van der Waals surface area contributed by atoms with E-state index in [1.165, 1.54) is 0 Å². The normalized spacial score (nSPS) is 9.85. The molecule has 0 aliphatic heterocycles. The summed E-state index contributed by atoms with van der Waals surface area (Å²) in [5.74, 6) is 0.745. The van der Waals surface area contributed by atoms with Crippen molar-refractivity contribution in [3.8, 4) is 11.8 Å². The van der Waals surface area contributed by atoms with Crippen molar-refractivity contribution in [1.82, 2.24) is 0 Å². The quantitative estimate of drug-likeness (QED) is 0.875. The smallest absolute Gasteiger partial charge is 0.123 e. The van der Waals surface area contributed by atoms with Gasteiger partial charge in [0.25, 0.3) is 0 Å². The molecular weight excluding hydrogens is 252 g/mol. The van der Waals surface area contributed by atoms with Gasteiger partial charge in [-0.25, -0.2) is 0 Å². The fraction of sp³-hybridized carbons (Fsp3) is 0.188. The van der Waals surface area contributed by atoms with Gasteiger partial charge in [0.05, 0.1) is 25.3 Å². The van der Waals surface area contributed by atoms with E-state index < -0.39 is 0 Å². The van der Waals surface area contributed by atoms with Crippen LogP contribution in [-0.4, -0.2) is 12.2 Å². The van der Waals surface area contributed by atoms with Gasteiger partial charge < -0.3 is 15.2 Å². The maximum Gasteiger partial charge on any atom is 0.123 e. The molecule has 0 fully saturated rings. The second kappa shape index (κ2) is 6.60. The van der Waals surface area contributed by atoms with E-state index in [9.17, 15) is 0 Å². The zero-order valence-electron chi connectivity index (χ0n) is 11.3. The van der Waals surface area contributed by atoms with Crippen LogP contribution in [0.5, 0.6) is 5.75 Å². The Bertz CT molecular complexity index is 633. The fourth-order valence-corrected chi connectivity index (χ4v) is 1.96. The van der Waals surface area contributed by atoms with E-state index in [1.807, 2.05) is 30.3 Å². The first kappa shape index (κ1) is 13.9. The van der Waals surface area contributed by atoms with Gasteiger partial charge in [0.15, 0.2) is 0 Å². The highest BCUT2D eigenvalue weighted by molar-refractivity contribution is 5.48. The van der Waals surface area contributed by atoms with Gasteiger partial charge in [-0.2, -0.15) is 5.26 Å². The molecular formula is C16H16N2O2. The molecule has 0 aliphatic rings. The number of aliphatic hydroxyl groups excluding tert-OH is 1. The van der Waals surface area contributed by atoms with Crippen LogP contribution in [0.15, 0.2) is 42.5 Å². The minimum absolute atomic E-state index is 0.0166. The summed E-state index contributed by atoms with van der Waals surface area (Å²) in [7, 11) is 1.61. The Hall–Kier alpha value is -2.51. The summed E-state index contributed by atoms with van der Waals surface area (Å²) < 4.78 is 5.29. The molecule has 0 spiro atoms. The van der Waals surface area contributed by atoms with E-state index in [0.717, 1.165) is 22.6 Å². The Kier molecular flexibility index (Phi) is 4.59. The molecule has 4 nitrogen and oxygen atoms in total. The summed E-state index contributed by atoms with van der Waals surface area (Å²) in [5, 5.41) is 21.3. The summed E-state index contributed by atoms with van der Waals surface area (Å²) in [5.41, 5.74) is 3.29. The lowest BCUT2D eigenvalue weighted by Gasteiger charge is -2.11. The Morgan fingerprint density at radius 1 is 1.25 bits per heavy atom. The lowest BCUT2D eigenvalue weighted by atomic mass is 10.1. The zero-order valence-corrected chi connectivity index (χ0v) is 11.3. The van der Waals surface area contributed by atoms with Crippen molar-refractivity contribution in [1.29, 1.82) is 5.26 Å². The number of nitriles is 1. The molecule has 0 bridgehead atoms. The molecule has 2 aromatic rings. The van der Waals surface area contributed by atoms with Crippen molar-refractivity contribution in [2.45, 2.75) is 13.2 Å². The Morgan fingerprint density at radius 3 is 2.80 bits per heavy atom. The molecule has 2 rings (SSSR count). The molecule has 0 radical (unpaired) electrons. The van der Waals surface area contributed by atoms with Gasteiger partial charge in [0.2, 0.25) is 0 Å². The summed E-state index contributed by atoms with van der Waals surface area (Å²) >= 11 is 0. The molecule has 0 heterocycles. The molecule has 0 aromatic heterocycles. The lowest BCUT2D eigenvalue weighted by molar-refractivity contribution is 0.282. The maximum absolute atomic E-state index is 9.11. The predicted octanol–water partition coefficient (Wildman–Crippen LogP) is 2.67. The van der Waals surface area contributed by atoms with Crippen LogP contribution in [0, 0.1) is 11.3 Å². The van der Waals surface area contributed by atoms with Crippen LogP contribution in [0.25, 0.3) is 0 Å². The molecule has 2 N–H and O–H groups in total. The van der Waals surface area contributed by atoms with E-state index >= 15 is 0 Å². The molecule has 102 valence electrons. The number of aliphatic hydroxyl groups is 1. The Morgan fingerprint density at radius 2 is 2.10 bits per heavy atom. The van der Waals surface area contributed by atoms with E-state index in [-0.39, 0.29) is 6.61 Å². The number of nitrogens with zero attached hydrogens (tertiary/aromatic N) is 1. The van der Waals surface area contributed by atoms with Crippen molar-refractivity contribution < 1.29 is 9.84 Å². The highest BCUT2D eigenvalue weighted by atomic mass is 16.5. The van der Waals surface area contributed by atoms with Crippen molar-refractivity contribution in [2.75, 3.05) is 12.4 Å². The van der Waals surface area contributed by atoms with Gasteiger partial charge >= 0.3 is 0 Å². The lowest BCUT2D eigenvalue weighted by Crippen LogP contribution is -2.02. The first-order valence-corrected chi connectivity index (χ1v) is 6.27. The zero-order chi connectivity index (χ0) is 14.4. The van der Waals surface area contributed by atoms with E-state index in [4.69, 9.17) is 15.1 Å². The van der Waals surface area contributed by atoms with E-state index in [0.29, 0.717) is 12.1 Å². The highest BCUT2D eigenvalue weighted by Gasteiger charge is 2.04. The highest BCUT2D eigenvalue weighted by Crippen LogP contribution is 2.21. The van der Waals surface area contributed by atoms with Crippen molar-refractivity contribution in [2.24, 2.45) is 0 Å². The average Bonchev–Trinajstić information content (AvgIpc) is 2.52. The first-order valence-electron chi connectivity index (χ1n) is 6.27. The van der Waals surface area contributed by atoms with Gasteiger partial charge in [-0.1, -0.05) is 12.1 Å². The Balaban J connectivity index is 2.15. The van der Waals surface area contributed by atoms with Crippen LogP contribution in [0.3, 0.4) is 0 Å². The third-order valence-electron chi connectivity index (χ3n) is 3.00. The van der Waals surface area contributed by atoms with Gasteiger partial charge in [-0.05, 0) is 35.9 Å². The summed E-state index contributed by atoms with van der Waals surface area (Å²) in [6.45, 7) is 0.566. The van der Waals surface area contributed by atoms with Gasteiger partial charge in [-0.15, -0.1) is 0 Å². The molecule has 4 heteroatoms. The first-order chi connectivity index (χ1) is 9.76. The van der Waals surface area contributed by atoms with Crippen LogP contribution in [0.1, 0.15) is 16.7 Å². The third-order valence-corrected chi connectivity index (χ3v) is 3.00. The van der Waals surface area contributed by atoms with Gasteiger partial charge in [0.1, 0.15) is 5.75 Å². The Labute approximate surface area is 118 Å². The van der Waals surface area contributed by atoms with Crippen molar-refractivity contribution in [3.05, 3.63) is 59.2 Å². The number of hydrogen-bond acceptors (Lipinski definition) is 4. The molecule has 0 saturated heterocycles. The number of ether oxygens (including phenoxy) is 1. The summed E-state index contributed by atoms with van der Waals surface area (Å²) in [6, 6.07) is 15.0. The standard InChI is InChI=1S/C16H16N2O2/c1-20-16-6-5-12(9-17)7-14(16)10-18-15-4-2-3-13(8-15)11-19/h2-8,18-19H,10-11H2,1H3. The fourth-order valence-electron chi connectivity index (χ4n) is 1.96. The number of methoxy groups -OCH3 is 1. The minimum atomic E-state index is 0.0166. The second-order valence-electron chi connectivity index (χ2n) is 4.35.